The molecule has 2 aromatic carbocycles. The van der Waals surface area contributed by atoms with Gasteiger partial charge in [0, 0.05) is 17.1 Å². The van der Waals surface area contributed by atoms with Crippen molar-refractivity contribution < 1.29 is 13.9 Å². The van der Waals surface area contributed by atoms with Gasteiger partial charge in [0.05, 0.1) is 12.1 Å². The van der Waals surface area contributed by atoms with E-state index in [9.17, 15) is 9.18 Å². The molecule has 3 aromatic rings. The highest BCUT2D eigenvalue weighted by molar-refractivity contribution is 7.09. The largest absolute Gasteiger partial charge is 0.486 e. The summed E-state index contributed by atoms with van der Waals surface area (Å²) in [5, 5.41) is 2.69. The van der Waals surface area contributed by atoms with Gasteiger partial charge in [-0.1, -0.05) is 18.2 Å². The summed E-state index contributed by atoms with van der Waals surface area (Å²) < 4.78 is 18.5. The Labute approximate surface area is 161 Å². The topological polar surface area (TPSA) is 42.4 Å². The molecule has 1 atom stereocenters. The van der Waals surface area contributed by atoms with Crippen molar-refractivity contribution in [1.82, 2.24) is 4.98 Å². The number of hydrogen-bond donors (Lipinski definition) is 0. The number of nitrogens with zero attached hydrogens (tertiary/aromatic N) is 2. The molecule has 1 amide bonds. The van der Waals surface area contributed by atoms with Gasteiger partial charge in [0.25, 0.3) is 0 Å². The predicted octanol–water partition coefficient (Wildman–Crippen LogP) is 4.38. The van der Waals surface area contributed by atoms with E-state index in [0.717, 1.165) is 22.8 Å². The Kier molecular flexibility index (Phi) is 4.90. The number of thiazole rings is 1. The molecule has 0 radical (unpaired) electrons. The number of fused-ring (bicyclic) bond motifs is 1. The molecule has 0 fully saturated rings. The van der Waals surface area contributed by atoms with Gasteiger partial charge >= 0.3 is 0 Å². The zero-order chi connectivity index (χ0) is 18.8. The number of anilines is 1. The normalized spacial score (nSPS) is 15.6. The number of para-hydroxylation sites is 1. The number of carbonyl (C=O) groups excluding carboxylic acids is 1. The summed E-state index contributed by atoms with van der Waals surface area (Å²) in [5.74, 6) is 0.352. The molecular weight excluding hydrogens is 363 g/mol. The van der Waals surface area contributed by atoms with E-state index in [4.69, 9.17) is 4.74 Å². The Morgan fingerprint density at radius 2 is 2.04 bits per heavy atom. The Balaban J connectivity index is 1.39. The fourth-order valence-electron chi connectivity index (χ4n) is 3.36. The van der Waals surface area contributed by atoms with Crippen LogP contribution in [-0.4, -0.2) is 16.9 Å². The van der Waals surface area contributed by atoms with Crippen LogP contribution in [0.1, 0.15) is 23.2 Å². The smallest absolute Gasteiger partial charge is 0.233 e. The molecule has 0 aliphatic carbocycles. The molecule has 1 aromatic heterocycles. The third-order valence-electron chi connectivity index (χ3n) is 4.58. The summed E-state index contributed by atoms with van der Waals surface area (Å²) in [6, 6.07) is 14.1. The number of hydrogen-bond acceptors (Lipinski definition) is 4. The number of carbonyl (C=O) groups is 1. The quantitative estimate of drug-likeness (QED) is 0.658. The van der Waals surface area contributed by atoms with E-state index in [1.165, 1.54) is 29.0 Å². The lowest BCUT2D eigenvalue weighted by molar-refractivity contribution is -0.118. The van der Waals surface area contributed by atoms with Gasteiger partial charge < -0.3 is 9.64 Å². The molecule has 1 aliphatic rings. The first-order valence-corrected chi connectivity index (χ1v) is 9.70. The van der Waals surface area contributed by atoms with Crippen molar-refractivity contribution in [2.75, 3.05) is 4.90 Å². The summed E-state index contributed by atoms with van der Waals surface area (Å²) in [6.07, 6.45) is 1.15. The van der Waals surface area contributed by atoms with Gasteiger partial charge in [0.15, 0.2) is 0 Å². The van der Waals surface area contributed by atoms with Crippen molar-refractivity contribution >= 4 is 22.9 Å². The zero-order valence-electron chi connectivity index (χ0n) is 14.9. The van der Waals surface area contributed by atoms with Gasteiger partial charge in [-0.15, -0.1) is 11.3 Å². The monoisotopic (exact) mass is 382 g/mol. The third-order valence-corrected chi connectivity index (χ3v) is 5.45. The first kappa shape index (κ1) is 17.7. The van der Waals surface area contributed by atoms with Gasteiger partial charge in [-0.3, -0.25) is 4.79 Å². The van der Waals surface area contributed by atoms with E-state index in [-0.39, 0.29) is 24.2 Å². The van der Waals surface area contributed by atoms with E-state index in [1.54, 1.807) is 12.1 Å². The van der Waals surface area contributed by atoms with Crippen molar-refractivity contribution in [3.63, 3.8) is 0 Å². The van der Waals surface area contributed by atoms with Gasteiger partial charge in [0.1, 0.15) is 23.2 Å². The molecular formula is C21H19FN2O2S. The second-order valence-electron chi connectivity index (χ2n) is 6.60. The summed E-state index contributed by atoms with van der Waals surface area (Å²) in [7, 11) is 0. The minimum atomic E-state index is -0.296. The minimum Gasteiger partial charge on any atom is -0.486 e. The molecule has 6 heteroatoms. The summed E-state index contributed by atoms with van der Waals surface area (Å²) in [6.45, 7) is 2.37. The molecule has 0 saturated carbocycles. The fraction of sp³-hybridized carbons (Fsp3) is 0.238. The lowest BCUT2D eigenvalue weighted by Crippen LogP contribution is -2.36. The van der Waals surface area contributed by atoms with Gasteiger partial charge in [-0.25, -0.2) is 9.37 Å². The molecule has 4 rings (SSSR count). The maximum absolute atomic E-state index is 12.9. The van der Waals surface area contributed by atoms with E-state index in [0.29, 0.717) is 12.4 Å². The van der Waals surface area contributed by atoms with E-state index >= 15 is 0 Å². The first-order valence-electron chi connectivity index (χ1n) is 8.82. The molecule has 1 aliphatic heterocycles. The average molecular weight is 382 g/mol. The number of aromatic nitrogens is 1. The molecule has 138 valence electrons. The molecule has 4 nitrogen and oxygen atoms in total. The Morgan fingerprint density at radius 3 is 2.85 bits per heavy atom. The number of rotatable bonds is 5. The van der Waals surface area contributed by atoms with Crippen LogP contribution in [0.5, 0.6) is 5.75 Å². The van der Waals surface area contributed by atoms with Gasteiger partial charge in [-0.2, -0.15) is 0 Å². The van der Waals surface area contributed by atoms with E-state index in [2.05, 4.69) is 18.0 Å². The average Bonchev–Trinajstić information content (AvgIpc) is 3.24. The maximum Gasteiger partial charge on any atom is 0.233 e. The van der Waals surface area contributed by atoms with Crippen molar-refractivity contribution in [3.05, 3.63) is 76.0 Å². The molecule has 0 unspecified atom stereocenters. The van der Waals surface area contributed by atoms with Crippen LogP contribution in [0.15, 0.2) is 53.9 Å². The number of ether oxygens (including phenoxy) is 1. The van der Waals surface area contributed by atoms with E-state index in [1.807, 2.05) is 28.5 Å². The Morgan fingerprint density at radius 1 is 1.26 bits per heavy atom. The van der Waals surface area contributed by atoms with Crippen LogP contribution in [0.25, 0.3) is 0 Å². The van der Waals surface area contributed by atoms with Gasteiger partial charge in [-0.05, 0) is 49.2 Å². The van der Waals surface area contributed by atoms with Crippen molar-refractivity contribution in [1.29, 1.82) is 0 Å². The predicted molar refractivity (Wildman–Crippen MR) is 104 cm³/mol. The Bertz CT molecular complexity index is 955. The fourth-order valence-corrected chi connectivity index (χ4v) is 4.06. The van der Waals surface area contributed by atoms with Crippen LogP contribution in [0.3, 0.4) is 0 Å². The second kappa shape index (κ2) is 7.48. The molecule has 0 spiro atoms. The molecule has 27 heavy (non-hydrogen) atoms. The van der Waals surface area contributed by atoms with Crippen LogP contribution in [-0.2, 0) is 24.2 Å². The standard InChI is InChI=1S/C21H19FN2O2S/c1-14-10-15-4-2-3-5-19(15)24(14)21(25)11-17-13-27-20(23-17)12-26-18-8-6-16(22)7-9-18/h2-9,13-14H,10-12H2,1H3/t14-/m1/s1. The number of amides is 1. The highest BCUT2D eigenvalue weighted by atomic mass is 32.1. The zero-order valence-corrected chi connectivity index (χ0v) is 15.7. The van der Waals surface area contributed by atoms with Crippen LogP contribution < -0.4 is 9.64 Å². The van der Waals surface area contributed by atoms with Crippen LogP contribution >= 0.6 is 11.3 Å². The second-order valence-corrected chi connectivity index (χ2v) is 7.54. The van der Waals surface area contributed by atoms with Crippen molar-refractivity contribution in [2.24, 2.45) is 0 Å². The Hall–Kier alpha value is -2.73. The van der Waals surface area contributed by atoms with E-state index < -0.39 is 0 Å². The highest BCUT2D eigenvalue weighted by Crippen LogP contribution is 2.32. The van der Waals surface area contributed by atoms with Crippen molar-refractivity contribution in [2.45, 2.75) is 32.4 Å². The first-order chi connectivity index (χ1) is 13.1. The maximum atomic E-state index is 12.9. The molecule has 2 heterocycles. The minimum absolute atomic E-state index is 0.0590. The molecule has 0 bridgehead atoms. The summed E-state index contributed by atoms with van der Waals surface area (Å²) in [4.78, 5) is 19.2. The van der Waals surface area contributed by atoms with Crippen LogP contribution in [0.2, 0.25) is 0 Å². The third kappa shape index (κ3) is 3.85. The highest BCUT2D eigenvalue weighted by Gasteiger charge is 2.30. The van der Waals surface area contributed by atoms with Crippen molar-refractivity contribution in [3.8, 4) is 5.75 Å². The van der Waals surface area contributed by atoms with Crippen LogP contribution in [0, 0.1) is 5.82 Å². The summed E-state index contributed by atoms with van der Waals surface area (Å²) >= 11 is 1.46. The molecule has 0 saturated heterocycles. The molecule has 0 N–H and O–H groups in total. The number of benzene rings is 2. The lowest BCUT2D eigenvalue weighted by Gasteiger charge is -2.22. The van der Waals surface area contributed by atoms with Crippen LogP contribution in [0.4, 0.5) is 10.1 Å². The SMILES string of the molecule is C[C@@H]1Cc2ccccc2N1C(=O)Cc1csc(COc2ccc(F)cc2)n1. The van der Waals surface area contributed by atoms with Gasteiger partial charge in [0.2, 0.25) is 5.91 Å². The lowest BCUT2D eigenvalue weighted by atomic mass is 10.1. The number of halogens is 1. The summed E-state index contributed by atoms with van der Waals surface area (Å²) in [5.41, 5.74) is 2.97.